The molecule has 5 nitrogen and oxygen atoms in total. The molecule has 1 saturated heterocycles. The summed E-state index contributed by atoms with van der Waals surface area (Å²) in [7, 11) is 0. The molecule has 4 N–H and O–H groups in total. The van der Waals surface area contributed by atoms with Crippen molar-refractivity contribution in [3.05, 3.63) is 0 Å². The third-order valence-electron chi connectivity index (χ3n) is 1.88. The van der Waals surface area contributed by atoms with E-state index < -0.39 is 6.03 Å². The van der Waals surface area contributed by atoms with Gasteiger partial charge in [-0.25, -0.2) is 4.79 Å². The molecule has 68 valence electrons. The number of hydrogen-bond acceptors (Lipinski definition) is 2. The fourth-order valence-electron chi connectivity index (χ4n) is 1.26. The largest absolute Gasteiger partial charge is 0.353 e. The Balaban J connectivity index is 2.08. The summed E-state index contributed by atoms with van der Waals surface area (Å²) in [6.07, 6.45) is 2.22. The van der Waals surface area contributed by atoms with Crippen LogP contribution in [-0.2, 0) is 4.79 Å². The Hall–Kier alpha value is -1.26. The highest BCUT2D eigenvalue weighted by atomic mass is 16.2. The molecule has 0 aliphatic carbocycles. The van der Waals surface area contributed by atoms with Crippen molar-refractivity contribution in [3.8, 4) is 0 Å². The number of nitrogens with one attached hydrogen (secondary N) is 2. The van der Waals surface area contributed by atoms with Crippen LogP contribution in [0.4, 0.5) is 4.79 Å². The van der Waals surface area contributed by atoms with Crippen LogP contribution >= 0.6 is 0 Å². The van der Waals surface area contributed by atoms with E-state index in [2.05, 4.69) is 10.6 Å². The van der Waals surface area contributed by atoms with Crippen LogP contribution in [0.25, 0.3) is 0 Å². The Morgan fingerprint density at radius 1 is 1.75 bits per heavy atom. The lowest BCUT2D eigenvalue weighted by atomic mass is 10.1. The Morgan fingerprint density at radius 2 is 2.50 bits per heavy atom. The lowest BCUT2D eigenvalue weighted by Gasteiger charge is -2.08. The Labute approximate surface area is 70.7 Å². The topological polar surface area (TPSA) is 84.2 Å². The fraction of sp³-hybridized carbons (Fsp3) is 0.714. The van der Waals surface area contributed by atoms with Crippen LogP contribution in [0, 0.1) is 0 Å². The molecule has 12 heavy (non-hydrogen) atoms. The van der Waals surface area contributed by atoms with Crippen molar-refractivity contribution in [1.29, 1.82) is 0 Å². The molecule has 5 heteroatoms. The van der Waals surface area contributed by atoms with Crippen LogP contribution in [-0.4, -0.2) is 24.5 Å². The number of amides is 3. The Morgan fingerprint density at radius 3 is 3.00 bits per heavy atom. The number of primary amides is 1. The van der Waals surface area contributed by atoms with Crippen LogP contribution in [0.5, 0.6) is 0 Å². The van der Waals surface area contributed by atoms with Gasteiger partial charge in [0.25, 0.3) is 0 Å². The van der Waals surface area contributed by atoms with E-state index in [1.807, 2.05) is 0 Å². The fourth-order valence-corrected chi connectivity index (χ4v) is 1.26. The maximum atomic E-state index is 10.7. The normalized spacial score (nSPS) is 22.0. The van der Waals surface area contributed by atoms with Crippen molar-refractivity contribution in [1.82, 2.24) is 10.6 Å². The molecule has 0 aromatic heterocycles. The van der Waals surface area contributed by atoms with Crippen molar-refractivity contribution in [2.75, 3.05) is 6.54 Å². The van der Waals surface area contributed by atoms with E-state index in [0.29, 0.717) is 13.0 Å². The summed E-state index contributed by atoms with van der Waals surface area (Å²) in [5.74, 6) is 0.0964. The maximum Gasteiger partial charge on any atom is 0.312 e. The van der Waals surface area contributed by atoms with Crippen LogP contribution < -0.4 is 16.4 Å². The van der Waals surface area contributed by atoms with Gasteiger partial charge in [0.05, 0.1) is 0 Å². The second-order valence-corrected chi connectivity index (χ2v) is 2.88. The highest BCUT2D eigenvalue weighted by molar-refractivity contribution is 5.78. The molecule has 1 heterocycles. The summed E-state index contributed by atoms with van der Waals surface area (Å²) in [4.78, 5) is 21.0. The summed E-state index contributed by atoms with van der Waals surface area (Å²) in [6, 6.07) is -0.302. The van der Waals surface area contributed by atoms with Crippen molar-refractivity contribution >= 4 is 11.9 Å². The first-order chi connectivity index (χ1) is 5.68. The Kier molecular flexibility index (Phi) is 2.90. The quantitative estimate of drug-likeness (QED) is 0.525. The van der Waals surface area contributed by atoms with Crippen LogP contribution in [0.15, 0.2) is 0 Å². The minimum Gasteiger partial charge on any atom is -0.353 e. The number of carbonyl (C=O) groups excluding carboxylic acids is 2. The molecule has 0 radical (unpaired) electrons. The third kappa shape index (κ3) is 2.77. The minimum atomic E-state index is -0.515. The summed E-state index contributed by atoms with van der Waals surface area (Å²) >= 11 is 0. The molecular formula is C7H13N3O2. The van der Waals surface area contributed by atoms with Gasteiger partial charge in [-0.15, -0.1) is 0 Å². The molecule has 3 amide bonds. The molecule has 1 aliphatic rings. The van der Waals surface area contributed by atoms with Crippen molar-refractivity contribution < 1.29 is 9.59 Å². The monoisotopic (exact) mass is 171 g/mol. The first kappa shape index (κ1) is 8.83. The van der Waals surface area contributed by atoms with Crippen molar-refractivity contribution in [2.24, 2.45) is 5.73 Å². The van der Waals surface area contributed by atoms with Crippen molar-refractivity contribution in [2.45, 2.75) is 25.3 Å². The molecule has 0 spiro atoms. The molecule has 0 bridgehead atoms. The predicted octanol–water partition coefficient (Wildman–Crippen LogP) is -0.677. The van der Waals surface area contributed by atoms with Crippen molar-refractivity contribution in [3.63, 3.8) is 0 Å². The maximum absolute atomic E-state index is 10.7. The summed E-state index contributed by atoms with van der Waals surface area (Å²) in [6.45, 7) is 0.528. The summed E-state index contributed by atoms with van der Waals surface area (Å²) in [5, 5.41) is 5.27. The number of hydrogen-bond donors (Lipinski definition) is 3. The molecule has 1 rings (SSSR count). The van der Waals surface area contributed by atoms with Gasteiger partial charge in [-0.2, -0.15) is 0 Å². The molecule has 0 aromatic rings. The first-order valence-electron chi connectivity index (χ1n) is 4.01. The predicted molar refractivity (Wildman–Crippen MR) is 43.4 cm³/mol. The lowest BCUT2D eigenvalue weighted by molar-refractivity contribution is -0.119. The van der Waals surface area contributed by atoms with Gasteiger partial charge in [0, 0.05) is 19.0 Å². The Bertz CT molecular complexity index is 193. The van der Waals surface area contributed by atoms with Crippen LogP contribution in [0.3, 0.4) is 0 Å². The van der Waals surface area contributed by atoms with E-state index in [0.717, 1.165) is 12.8 Å². The number of nitrogens with two attached hydrogens (primary N) is 1. The molecular weight excluding hydrogens is 158 g/mol. The van der Waals surface area contributed by atoms with Gasteiger partial charge in [-0.05, 0) is 12.8 Å². The average Bonchev–Trinajstić information content (AvgIpc) is 2.35. The van der Waals surface area contributed by atoms with Gasteiger partial charge in [-0.3, -0.25) is 4.79 Å². The van der Waals surface area contributed by atoms with E-state index in [9.17, 15) is 9.59 Å². The second kappa shape index (κ2) is 3.94. The van der Waals surface area contributed by atoms with Crippen LogP contribution in [0.1, 0.15) is 19.3 Å². The average molecular weight is 171 g/mol. The smallest absolute Gasteiger partial charge is 0.312 e. The molecule has 1 aliphatic heterocycles. The number of rotatable bonds is 3. The van der Waals surface area contributed by atoms with Crippen LogP contribution in [0.2, 0.25) is 0 Å². The third-order valence-corrected chi connectivity index (χ3v) is 1.88. The SMILES string of the molecule is NC(=O)NCCC1CCC(=O)N1. The highest BCUT2D eigenvalue weighted by Crippen LogP contribution is 2.08. The van der Waals surface area contributed by atoms with Gasteiger partial charge in [0.2, 0.25) is 5.91 Å². The zero-order valence-electron chi connectivity index (χ0n) is 6.80. The second-order valence-electron chi connectivity index (χ2n) is 2.88. The van der Waals surface area contributed by atoms with E-state index >= 15 is 0 Å². The van der Waals surface area contributed by atoms with Gasteiger partial charge in [0.15, 0.2) is 0 Å². The molecule has 1 unspecified atom stereocenters. The van der Waals surface area contributed by atoms with E-state index in [4.69, 9.17) is 5.73 Å². The standard InChI is InChI=1S/C7H13N3O2/c8-7(12)9-4-3-5-1-2-6(11)10-5/h5H,1-4H2,(H,10,11)(H3,8,9,12). The van der Waals surface area contributed by atoms with E-state index in [1.54, 1.807) is 0 Å². The number of urea groups is 1. The lowest BCUT2D eigenvalue weighted by Crippen LogP contribution is -2.34. The number of carbonyl (C=O) groups is 2. The molecule has 0 aromatic carbocycles. The molecule has 0 saturated carbocycles. The highest BCUT2D eigenvalue weighted by Gasteiger charge is 2.19. The molecule has 1 atom stereocenters. The molecule has 1 fully saturated rings. The van der Waals surface area contributed by atoms with Gasteiger partial charge < -0.3 is 16.4 Å². The van der Waals surface area contributed by atoms with Gasteiger partial charge >= 0.3 is 6.03 Å². The van der Waals surface area contributed by atoms with Gasteiger partial charge in [0.1, 0.15) is 0 Å². The zero-order chi connectivity index (χ0) is 8.97. The first-order valence-corrected chi connectivity index (χ1v) is 4.01. The summed E-state index contributed by atoms with van der Waals surface area (Å²) in [5.41, 5.74) is 4.87. The van der Waals surface area contributed by atoms with Gasteiger partial charge in [-0.1, -0.05) is 0 Å². The van der Waals surface area contributed by atoms with E-state index in [1.165, 1.54) is 0 Å². The van der Waals surface area contributed by atoms with E-state index in [-0.39, 0.29) is 11.9 Å². The minimum absolute atomic E-state index is 0.0964. The summed E-state index contributed by atoms with van der Waals surface area (Å²) < 4.78 is 0. The zero-order valence-corrected chi connectivity index (χ0v) is 6.80.